The molecule has 1 aliphatic rings. The van der Waals surface area contributed by atoms with E-state index in [-0.39, 0.29) is 30.9 Å². The van der Waals surface area contributed by atoms with Crippen LogP contribution in [0, 0.1) is 6.92 Å². The van der Waals surface area contributed by atoms with Gasteiger partial charge in [-0.05, 0) is 76.3 Å². The van der Waals surface area contributed by atoms with Crippen LogP contribution in [0.5, 0.6) is 5.75 Å². The zero-order chi connectivity index (χ0) is 21.6. The van der Waals surface area contributed by atoms with E-state index in [4.69, 9.17) is 4.74 Å². The summed E-state index contributed by atoms with van der Waals surface area (Å²) in [7, 11) is 2.10. The molecule has 0 spiro atoms. The van der Waals surface area contributed by atoms with Crippen LogP contribution in [0.4, 0.5) is 5.69 Å². The van der Waals surface area contributed by atoms with E-state index in [1.807, 2.05) is 26.0 Å². The van der Waals surface area contributed by atoms with Crippen LogP contribution in [-0.4, -0.2) is 54.9 Å². The number of aryl methyl sites for hydroxylation is 1. The molecule has 6 heteroatoms. The van der Waals surface area contributed by atoms with Crippen molar-refractivity contribution in [1.29, 1.82) is 0 Å². The van der Waals surface area contributed by atoms with E-state index in [9.17, 15) is 5.11 Å². The molecule has 0 amide bonds. The van der Waals surface area contributed by atoms with E-state index < -0.39 is 5.60 Å². The van der Waals surface area contributed by atoms with Gasteiger partial charge in [-0.3, -0.25) is 0 Å². The largest absolute Gasteiger partial charge is 0.491 e. The molecule has 2 aromatic carbocycles. The average molecular weight is 484 g/mol. The second-order valence-corrected chi connectivity index (χ2v) is 9.14. The third-order valence-corrected chi connectivity index (χ3v) is 6.15. The molecule has 0 aliphatic carbocycles. The monoisotopic (exact) mass is 482 g/mol. The van der Waals surface area contributed by atoms with Crippen LogP contribution < -0.4 is 9.64 Å². The van der Waals surface area contributed by atoms with E-state index >= 15 is 0 Å². The summed E-state index contributed by atoms with van der Waals surface area (Å²) >= 11 is 0. The van der Waals surface area contributed by atoms with Crippen molar-refractivity contribution in [2.24, 2.45) is 0 Å². The lowest BCUT2D eigenvalue weighted by atomic mass is 9.88. The summed E-state index contributed by atoms with van der Waals surface area (Å²) < 4.78 is 5.72. The molecule has 0 saturated carbocycles. The Bertz CT molecular complexity index is 791. The SMILES string of the molecule is Cc1cccc(CCN2CCC(O)(CCN(C)c3ccc(OC(C)C)cc3)CC2)c1.Cl.Cl. The number of likely N-dealkylation sites (tertiary alicyclic amines) is 1. The van der Waals surface area contributed by atoms with Crippen molar-refractivity contribution in [2.75, 3.05) is 38.1 Å². The molecule has 0 atom stereocenters. The number of rotatable bonds is 9. The number of nitrogens with zero attached hydrogens (tertiary/aromatic N) is 2. The Morgan fingerprint density at radius 2 is 1.72 bits per heavy atom. The lowest BCUT2D eigenvalue weighted by Crippen LogP contribution is -2.46. The van der Waals surface area contributed by atoms with Gasteiger partial charge in [-0.2, -0.15) is 0 Å². The lowest BCUT2D eigenvalue weighted by Gasteiger charge is -2.39. The Kier molecular flexibility index (Phi) is 11.9. The molecule has 1 heterocycles. The first kappa shape index (κ1) is 28.6. The lowest BCUT2D eigenvalue weighted by molar-refractivity contribution is -0.0254. The van der Waals surface area contributed by atoms with Crippen molar-refractivity contribution in [1.82, 2.24) is 4.90 Å². The van der Waals surface area contributed by atoms with Crippen LogP contribution in [-0.2, 0) is 6.42 Å². The number of hydrogen-bond donors (Lipinski definition) is 1. The van der Waals surface area contributed by atoms with Crippen molar-refractivity contribution in [2.45, 2.75) is 58.2 Å². The number of piperidine rings is 1. The van der Waals surface area contributed by atoms with Crippen LogP contribution in [0.25, 0.3) is 0 Å². The number of halogens is 2. The van der Waals surface area contributed by atoms with Gasteiger partial charge in [-0.25, -0.2) is 0 Å². The van der Waals surface area contributed by atoms with Crippen LogP contribution in [0.2, 0.25) is 0 Å². The van der Waals surface area contributed by atoms with Gasteiger partial charge < -0.3 is 19.6 Å². The quantitative estimate of drug-likeness (QED) is 0.510. The fourth-order valence-electron chi connectivity index (χ4n) is 4.15. The molecule has 1 N–H and O–H groups in total. The summed E-state index contributed by atoms with van der Waals surface area (Å²) in [5, 5.41) is 11.1. The van der Waals surface area contributed by atoms with Gasteiger partial charge in [0.25, 0.3) is 0 Å². The summed E-state index contributed by atoms with van der Waals surface area (Å²) in [6.45, 7) is 10.1. The van der Waals surface area contributed by atoms with E-state index in [0.29, 0.717) is 0 Å². The molecule has 0 bridgehead atoms. The second-order valence-electron chi connectivity index (χ2n) is 9.14. The highest BCUT2D eigenvalue weighted by molar-refractivity contribution is 5.85. The summed E-state index contributed by atoms with van der Waals surface area (Å²) in [4.78, 5) is 4.72. The van der Waals surface area contributed by atoms with Crippen molar-refractivity contribution in [3.05, 3.63) is 59.7 Å². The number of aliphatic hydroxyl groups is 1. The molecule has 32 heavy (non-hydrogen) atoms. The van der Waals surface area contributed by atoms with Gasteiger partial charge in [0.1, 0.15) is 5.75 Å². The standard InChI is InChI=1S/C26H38N2O2.2ClH/c1-21(2)30-25-10-8-24(9-11-25)27(4)17-13-26(29)14-18-28(19-15-26)16-12-23-7-5-6-22(3)20-23;;/h5-11,20-21,29H,12-19H2,1-4H3;2*1H. The summed E-state index contributed by atoms with van der Waals surface area (Å²) in [6.07, 6.45) is 3.79. The Morgan fingerprint density at radius 3 is 2.31 bits per heavy atom. The molecule has 2 aromatic rings. The molecule has 3 rings (SSSR count). The van der Waals surface area contributed by atoms with Crippen LogP contribution in [0.3, 0.4) is 0 Å². The molecule has 1 aliphatic heterocycles. The topological polar surface area (TPSA) is 35.9 Å². The third-order valence-electron chi connectivity index (χ3n) is 6.15. The Labute approximate surface area is 206 Å². The molecule has 1 fully saturated rings. The molecular formula is C26H40Cl2N2O2. The van der Waals surface area contributed by atoms with Gasteiger partial charge >= 0.3 is 0 Å². The Balaban J connectivity index is 0.00000256. The maximum Gasteiger partial charge on any atom is 0.119 e. The molecule has 4 nitrogen and oxygen atoms in total. The first-order valence-corrected chi connectivity index (χ1v) is 11.3. The van der Waals surface area contributed by atoms with Gasteiger partial charge in [-0.1, -0.05) is 29.8 Å². The third kappa shape index (κ3) is 8.82. The van der Waals surface area contributed by atoms with Gasteiger partial charge in [0.05, 0.1) is 11.7 Å². The summed E-state index contributed by atoms with van der Waals surface area (Å²) in [6, 6.07) is 17.0. The van der Waals surface area contributed by atoms with Gasteiger partial charge in [0.2, 0.25) is 0 Å². The molecule has 0 unspecified atom stereocenters. The van der Waals surface area contributed by atoms with Crippen LogP contribution >= 0.6 is 24.8 Å². The fraction of sp³-hybridized carbons (Fsp3) is 0.538. The maximum absolute atomic E-state index is 11.1. The highest BCUT2D eigenvalue weighted by Gasteiger charge is 2.32. The van der Waals surface area contributed by atoms with E-state index in [0.717, 1.165) is 63.3 Å². The molecular weight excluding hydrogens is 443 g/mol. The average Bonchev–Trinajstić information content (AvgIpc) is 2.72. The van der Waals surface area contributed by atoms with E-state index in [1.165, 1.54) is 11.1 Å². The first-order chi connectivity index (χ1) is 14.3. The number of hydrogen-bond acceptors (Lipinski definition) is 4. The molecule has 180 valence electrons. The maximum atomic E-state index is 11.1. The van der Waals surface area contributed by atoms with E-state index in [2.05, 4.69) is 60.2 Å². The first-order valence-electron chi connectivity index (χ1n) is 11.3. The molecule has 0 radical (unpaired) electrons. The van der Waals surface area contributed by atoms with Crippen molar-refractivity contribution >= 4 is 30.5 Å². The minimum Gasteiger partial charge on any atom is -0.491 e. The minimum absolute atomic E-state index is 0. The van der Waals surface area contributed by atoms with Gasteiger partial charge in [0.15, 0.2) is 0 Å². The Hall–Kier alpha value is -1.46. The smallest absolute Gasteiger partial charge is 0.119 e. The van der Waals surface area contributed by atoms with Crippen molar-refractivity contribution in [3.63, 3.8) is 0 Å². The molecule has 1 saturated heterocycles. The van der Waals surface area contributed by atoms with Gasteiger partial charge in [0, 0.05) is 38.9 Å². The number of benzene rings is 2. The second kappa shape index (κ2) is 13.3. The number of anilines is 1. The van der Waals surface area contributed by atoms with Crippen molar-refractivity contribution < 1.29 is 9.84 Å². The van der Waals surface area contributed by atoms with Gasteiger partial charge in [-0.15, -0.1) is 24.8 Å². The highest BCUT2D eigenvalue weighted by Crippen LogP contribution is 2.27. The minimum atomic E-state index is -0.547. The van der Waals surface area contributed by atoms with E-state index in [1.54, 1.807) is 0 Å². The summed E-state index contributed by atoms with van der Waals surface area (Å²) in [5.41, 5.74) is 3.34. The predicted molar refractivity (Wildman–Crippen MR) is 140 cm³/mol. The predicted octanol–water partition coefficient (Wildman–Crippen LogP) is 5.52. The zero-order valence-corrected chi connectivity index (χ0v) is 21.6. The normalized spacial score (nSPS) is 15.6. The molecule has 0 aromatic heterocycles. The highest BCUT2D eigenvalue weighted by atomic mass is 35.5. The fourth-order valence-corrected chi connectivity index (χ4v) is 4.15. The summed E-state index contributed by atoms with van der Waals surface area (Å²) in [5.74, 6) is 0.902. The van der Waals surface area contributed by atoms with Crippen molar-refractivity contribution in [3.8, 4) is 5.75 Å². The zero-order valence-electron chi connectivity index (χ0n) is 19.9. The van der Waals surface area contributed by atoms with Crippen LogP contribution in [0.15, 0.2) is 48.5 Å². The Morgan fingerprint density at radius 1 is 1.06 bits per heavy atom. The number of ether oxygens (including phenoxy) is 1. The van der Waals surface area contributed by atoms with Crippen LogP contribution in [0.1, 0.15) is 44.2 Å².